The van der Waals surface area contributed by atoms with Crippen molar-refractivity contribution in [1.29, 1.82) is 0 Å². The van der Waals surface area contributed by atoms with E-state index >= 15 is 0 Å². The van der Waals surface area contributed by atoms with E-state index in [1.54, 1.807) is 21.3 Å². The van der Waals surface area contributed by atoms with Gasteiger partial charge in [-0.25, -0.2) is 4.98 Å². The fourth-order valence-corrected chi connectivity index (χ4v) is 4.66. The van der Waals surface area contributed by atoms with Crippen LogP contribution in [-0.2, 0) is 19.4 Å². The Morgan fingerprint density at radius 1 is 1.07 bits per heavy atom. The van der Waals surface area contributed by atoms with E-state index in [4.69, 9.17) is 14.2 Å². The molecule has 0 saturated carbocycles. The number of nitrogens with one attached hydrogen (secondary N) is 1. The van der Waals surface area contributed by atoms with Crippen LogP contribution in [-0.4, -0.2) is 48.3 Å². The monoisotopic (exact) mass is 385 g/mol. The number of H-pyrrole nitrogens is 1. The number of hydrogen-bond acceptors (Lipinski definition) is 6. The highest BCUT2D eigenvalue weighted by molar-refractivity contribution is 5.53. The van der Waals surface area contributed by atoms with E-state index in [9.17, 15) is 4.79 Å². The molecule has 7 heteroatoms. The minimum absolute atomic E-state index is 0.0165. The SMILES string of the molecule is COc1cc(CN2C3CCC2Cc2c(nc(C)[nH]c2=O)C3)cc(OC)c1OC. The molecule has 1 aromatic carbocycles. The summed E-state index contributed by atoms with van der Waals surface area (Å²) in [5.41, 5.74) is 2.94. The number of fused-ring (bicyclic) bond motifs is 3. The highest BCUT2D eigenvalue weighted by Gasteiger charge is 2.38. The van der Waals surface area contributed by atoms with Crippen molar-refractivity contribution in [3.63, 3.8) is 0 Å². The molecule has 2 atom stereocenters. The molecule has 2 aliphatic heterocycles. The van der Waals surface area contributed by atoms with Crippen molar-refractivity contribution in [3.05, 3.63) is 45.1 Å². The van der Waals surface area contributed by atoms with E-state index in [1.807, 2.05) is 19.1 Å². The van der Waals surface area contributed by atoms with Gasteiger partial charge in [0.15, 0.2) is 11.5 Å². The van der Waals surface area contributed by atoms with Gasteiger partial charge < -0.3 is 19.2 Å². The van der Waals surface area contributed by atoms with Gasteiger partial charge in [0.05, 0.1) is 27.0 Å². The van der Waals surface area contributed by atoms with Crippen molar-refractivity contribution >= 4 is 0 Å². The van der Waals surface area contributed by atoms with Gasteiger partial charge in [0.1, 0.15) is 5.82 Å². The first kappa shape index (κ1) is 18.8. The van der Waals surface area contributed by atoms with Crippen LogP contribution in [0.3, 0.4) is 0 Å². The average molecular weight is 385 g/mol. The van der Waals surface area contributed by atoms with Crippen LogP contribution in [0.15, 0.2) is 16.9 Å². The van der Waals surface area contributed by atoms with Crippen molar-refractivity contribution in [3.8, 4) is 17.2 Å². The third kappa shape index (κ3) is 3.24. The van der Waals surface area contributed by atoms with E-state index in [2.05, 4.69) is 14.9 Å². The molecule has 2 aromatic rings. The standard InChI is InChI=1S/C21H27N3O4/c1-12-22-17-10-15-6-5-14(9-16(17)21(25)23-12)24(15)11-13-7-18(26-2)20(28-4)19(8-13)27-3/h7-8,14-15H,5-6,9-11H2,1-4H3,(H,22,23,25). The highest BCUT2D eigenvalue weighted by Crippen LogP contribution is 2.40. The number of ether oxygens (including phenoxy) is 3. The summed E-state index contributed by atoms with van der Waals surface area (Å²) in [6, 6.07) is 4.75. The lowest BCUT2D eigenvalue weighted by Crippen LogP contribution is -2.36. The molecule has 0 spiro atoms. The molecule has 4 rings (SSSR count). The molecule has 28 heavy (non-hydrogen) atoms. The van der Waals surface area contributed by atoms with Gasteiger partial charge in [0.2, 0.25) is 5.75 Å². The number of methoxy groups -OCH3 is 3. The van der Waals surface area contributed by atoms with Crippen molar-refractivity contribution in [1.82, 2.24) is 14.9 Å². The number of hydrogen-bond donors (Lipinski definition) is 1. The smallest absolute Gasteiger partial charge is 0.254 e. The van der Waals surface area contributed by atoms with Crippen LogP contribution in [0, 0.1) is 6.92 Å². The lowest BCUT2D eigenvalue weighted by molar-refractivity contribution is 0.187. The molecule has 2 bridgehead atoms. The number of aromatic amines is 1. The molecule has 150 valence electrons. The first-order valence-corrected chi connectivity index (χ1v) is 9.67. The molecule has 2 unspecified atom stereocenters. The van der Waals surface area contributed by atoms with Crippen LogP contribution >= 0.6 is 0 Å². The minimum Gasteiger partial charge on any atom is -0.493 e. The number of aryl methyl sites for hydroxylation is 1. The van der Waals surface area contributed by atoms with Gasteiger partial charge in [-0.1, -0.05) is 0 Å². The molecule has 1 fully saturated rings. The summed E-state index contributed by atoms with van der Waals surface area (Å²) in [5.74, 6) is 2.62. The second kappa shape index (κ2) is 7.47. The van der Waals surface area contributed by atoms with Crippen LogP contribution in [0.2, 0.25) is 0 Å². The van der Waals surface area contributed by atoms with Crippen LogP contribution in [0.5, 0.6) is 17.2 Å². The predicted octanol–water partition coefficient (Wildman–Crippen LogP) is 2.24. The molecule has 0 amide bonds. The Bertz CT molecular complexity index is 915. The fourth-order valence-electron chi connectivity index (χ4n) is 4.66. The van der Waals surface area contributed by atoms with Crippen molar-refractivity contribution < 1.29 is 14.2 Å². The molecule has 1 aromatic heterocycles. The largest absolute Gasteiger partial charge is 0.493 e. The third-order valence-electron chi connectivity index (χ3n) is 5.95. The minimum atomic E-state index is 0.0165. The molecule has 1 saturated heterocycles. The fraction of sp³-hybridized carbons (Fsp3) is 0.524. The van der Waals surface area contributed by atoms with Gasteiger partial charge in [-0.05, 0) is 43.9 Å². The van der Waals surface area contributed by atoms with Crippen molar-refractivity contribution in [2.75, 3.05) is 21.3 Å². The molecular formula is C21H27N3O4. The maximum Gasteiger partial charge on any atom is 0.254 e. The summed E-state index contributed by atoms with van der Waals surface area (Å²) in [6.45, 7) is 2.62. The molecule has 0 aliphatic carbocycles. The van der Waals surface area contributed by atoms with Crippen LogP contribution in [0.1, 0.15) is 35.5 Å². The number of rotatable bonds is 5. The lowest BCUT2D eigenvalue weighted by Gasteiger charge is -2.28. The number of nitrogens with zero attached hydrogens (tertiary/aromatic N) is 2. The Morgan fingerprint density at radius 2 is 1.71 bits per heavy atom. The van der Waals surface area contributed by atoms with E-state index < -0.39 is 0 Å². The van der Waals surface area contributed by atoms with E-state index in [0.717, 1.165) is 49.0 Å². The third-order valence-corrected chi connectivity index (χ3v) is 5.95. The molecule has 0 radical (unpaired) electrons. The second-order valence-corrected chi connectivity index (χ2v) is 7.58. The van der Waals surface area contributed by atoms with Gasteiger partial charge in [-0.15, -0.1) is 0 Å². The van der Waals surface area contributed by atoms with Gasteiger partial charge in [-0.2, -0.15) is 0 Å². The first-order valence-electron chi connectivity index (χ1n) is 9.67. The van der Waals surface area contributed by atoms with E-state index in [1.165, 1.54) is 0 Å². The van der Waals surface area contributed by atoms with Gasteiger partial charge in [-0.3, -0.25) is 9.69 Å². The van der Waals surface area contributed by atoms with E-state index in [0.29, 0.717) is 35.2 Å². The lowest BCUT2D eigenvalue weighted by atomic mass is 9.98. The summed E-state index contributed by atoms with van der Waals surface area (Å²) < 4.78 is 16.4. The highest BCUT2D eigenvalue weighted by atomic mass is 16.5. The molecule has 1 N–H and O–H groups in total. The maximum absolute atomic E-state index is 12.5. The topological polar surface area (TPSA) is 76.7 Å². The Morgan fingerprint density at radius 3 is 2.32 bits per heavy atom. The van der Waals surface area contributed by atoms with Gasteiger partial charge >= 0.3 is 0 Å². The number of benzene rings is 1. The molecule has 7 nitrogen and oxygen atoms in total. The van der Waals surface area contributed by atoms with Gasteiger partial charge in [0.25, 0.3) is 5.56 Å². The maximum atomic E-state index is 12.5. The van der Waals surface area contributed by atoms with Crippen molar-refractivity contribution in [2.45, 2.75) is 51.2 Å². The van der Waals surface area contributed by atoms with Crippen LogP contribution in [0.25, 0.3) is 0 Å². The quantitative estimate of drug-likeness (QED) is 0.851. The summed E-state index contributed by atoms with van der Waals surface area (Å²) in [6.07, 6.45) is 3.80. The zero-order chi connectivity index (χ0) is 19.8. The van der Waals surface area contributed by atoms with Crippen molar-refractivity contribution in [2.24, 2.45) is 0 Å². The second-order valence-electron chi connectivity index (χ2n) is 7.58. The first-order chi connectivity index (χ1) is 13.5. The summed E-state index contributed by atoms with van der Waals surface area (Å²) in [5, 5.41) is 0. The zero-order valence-electron chi connectivity index (χ0n) is 16.9. The molecule has 2 aliphatic rings. The molecular weight excluding hydrogens is 358 g/mol. The number of aromatic nitrogens is 2. The summed E-state index contributed by atoms with van der Waals surface area (Å²) in [7, 11) is 4.88. The van der Waals surface area contributed by atoms with Crippen LogP contribution < -0.4 is 19.8 Å². The Balaban J connectivity index is 1.65. The normalized spacial score (nSPS) is 21.1. The Hall–Kier alpha value is -2.54. The molecule has 3 heterocycles. The van der Waals surface area contributed by atoms with Gasteiger partial charge in [0, 0.05) is 30.6 Å². The summed E-state index contributed by atoms with van der Waals surface area (Å²) in [4.78, 5) is 22.5. The average Bonchev–Trinajstić information content (AvgIpc) is 2.95. The predicted molar refractivity (Wildman–Crippen MR) is 105 cm³/mol. The van der Waals surface area contributed by atoms with E-state index in [-0.39, 0.29) is 5.56 Å². The zero-order valence-corrected chi connectivity index (χ0v) is 16.9. The Labute approximate surface area is 164 Å². The Kier molecular flexibility index (Phi) is 5.02. The summed E-state index contributed by atoms with van der Waals surface area (Å²) >= 11 is 0. The van der Waals surface area contributed by atoms with Crippen LogP contribution in [0.4, 0.5) is 0 Å².